The van der Waals surface area contributed by atoms with E-state index in [1.54, 1.807) is 0 Å². The van der Waals surface area contributed by atoms with Crippen molar-refractivity contribution in [2.24, 2.45) is 5.41 Å². The van der Waals surface area contributed by atoms with Crippen LogP contribution in [0.2, 0.25) is 0 Å². The van der Waals surface area contributed by atoms with E-state index in [1.165, 1.54) is 60.0 Å². The Morgan fingerprint density at radius 1 is 1.29 bits per heavy atom. The fourth-order valence-corrected chi connectivity index (χ4v) is 4.51. The van der Waals surface area contributed by atoms with Crippen LogP contribution in [0, 0.1) is 11.2 Å². The first-order valence-electron chi connectivity index (χ1n) is 11.2. The van der Waals surface area contributed by atoms with Gasteiger partial charge in [0, 0.05) is 30.8 Å². The van der Waals surface area contributed by atoms with Crippen LogP contribution in [-0.2, 0) is 5.92 Å². The number of hydrogen-bond acceptors (Lipinski definition) is 6. The molecule has 11 heteroatoms. The molecule has 1 saturated heterocycles. The second-order valence-electron chi connectivity index (χ2n) is 9.42. The molecule has 4 heterocycles. The van der Waals surface area contributed by atoms with E-state index in [2.05, 4.69) is 25.8 Å². The standard InChI is InChI=1S/C24H21F3N6O2/c1-23(26,27)14-4-7-33-18(11-28-19(33)9-14)21(34)30-16-8-13(2-3-15(16)25)20-31-22(35-32-20)17-10-24(5-6-24)12-29-17/h2-4,7-9,11,17,29H,5-6,10,12H2,1H3,(H,30,34)/t17-/m0/s1. The lowest BCUT2D eigenvalue weighted by molar-refractivity contribution is 0.0175. The van der Waals surface area contributed by atoms with Crippen LogP contribution >= 0.6 is 0 Å². The summed E-state index contributed by atoms with van der Waals surface area (Å²) in [4.78, 5) is 21.4. The molecule has 1 aromatic carbocycles. The summed E-state index contributed by atoms with van der Waals surface area (Å²) in [6, 6.07) is 6.55. The largest absolute Gasteiger partial charge is 0.337 e. The Balaban J connectivity index is 1.23. The number of aromatic nitrogens is 4. The Bertz CT molecular complexity index is 1450. The SMILES string of the molecule is CC(F)(F)c1ccn2c(C(=O)Nc3cc(-c4noc([C@@H]5CC6(CC6)CN5)n4)ccc3F)cnc2c1. The predicted octanol–water partition coefficient (Wildman–Crippen LogP) is 4.70. The van der Waals surface area contributed by atoms with Gasteiger partial charge in [-0.15, -0.1) is 0 Å². The summed E-state index contributed by atoms with van der Waals surface area (Å²) in [5.41, 5.74) is 0.782. The monoisotopic (exact) mass is 482 g/mol. The molecule has 2 N–H and O–H groups in total. The lowest BCUT2D eigenvalue weighted by Crippen LogP contribution is -2.15. The number of carbonyl (C=O) groups excluding carboxylic acids is 1. The van der Waals surface area contributed by atoms with E-state index in [0.717, 1.165) is 19.9 Å². The van der Waals surface area contributed by atoms with Crippen molar-refractivity contribution in [3.8, 4) is 11.4 Å². The fraction of sp³-hybridized carbons (Fsp3) is 0.333. The molecule has 6 rings (SSSR count). The van der Waals surface area contributed by atoms with Crippen LogP contribution in [0.1, 0.15) is 54.2 Å². The first-order valence-corrected chi connectivity index (χ1v) is 11.2. The molecule has 1 amide bonds. The molecule has 35 heavy (non-hydrogen) atoms. The third-order valence-corrected chi connectivity index (χ3v) is 6.78. The number of fused-ring (bicyclic) bond motifs is 1. The minimum atomic E-state index is -3.04. The number of anilines is 1. The van der Waals surface area contributed by atoms with Crippen LogP contribution in [0.25, 0.3) is 17.0 Å². The maximum atomic E-state index is 14.5. The second-order valence-corrected chi connectivity index (χ2v) is 9.42. The summed E-state index contributed by atoms with van der Waals surface area (Å²) < 4.78 is 48.6. The van der Waals surface area contributed by atoms with Crippen molar-refractivity contribution in [3.63, 3.8) is 0 Å². The van der Waals surface area contributed by atoms with E-state index in [9.17, 15) is 18.0 Å². The third-order valence-electron chi connectivity index (χ3n) is 6.78. The van der Waals surface area contributed by atoms with Crippen molar-refractivity contribution in [1.29, 1.82) is 0 Å². The average molecular weight is 482 g/mol. The van der Waals surface area contributed by atoms with E-state index >= 15 is 0 Å². The number of pyridine rings is 1. The van der Waals surface area contributed by atoms with Gasteiger partial charge in [-0.2, -0.15) is 4.98 Å². The van der Waals surface area contributed by atoms with E-state index in [0.29, 0.717) is 16.9 Å². The Labute approximate surface area is 197 Å². The van der Waals surface area contributed by atoms with Gasteiger partial charge in [0.25, 0.3) is 11.8 Å². The topological polar surface area (TPSA) is 97.3 Å². The smallest absolute Gasteiger partial charge is 0.274 e. The Morgan fingerprint density at radius 2 is 2.11 bits per heavy atom. The zero-order valence-corrected chi connectivity index (χ0v) is 18.7. The minimum absolute atomic E-state index is 0.00157. The van der Waals surface area contributed by atoms with Gasteiger partial charge >= 0.3 is 0 Å². The first kappa shape index (κ1) is 21.8. The zero-order valence-electron chi connectivity index (χ0n) is 18.7. The number of nitrogens with zero attached hydrogens (tertiary/aromatic N) is 4. The molecule has 2 aliphatic rings. The normalized spacial score (nSPS) is 18.9. The molecule has 8 nitrogen and oxygen atoms in total. The molecule has 1 aliphatic carbocycles. The van der Waals surface area contributed by atoms with E-state index < -0.39 is 17.6 Å². The summed E-state index contributed by atoms with van der Waals surface area (Å²) in [6.45, 7) is 1.72. The van der Waals surface area contributed by atoms with Gasteiger partial charge in [0.05, 0.1) is 17.9 Å². The van der Waals surface area contributed by atoms with Crippen LogP contribution in [0.15, 0.2) is 47.2 Å². The number of rotatable bonds is 5. The molecule has 1 saturated carbocycles. The zero-order chi connectivity index (χ0) is 24.4. The van der Waals surface area contributed by atoms with Crippen molar-refractivity contribution < 1.29 is 22.5 Å². The van der Waals surface area contributed by atoms with E-state index in [1.807, 2.05) is 0 Å². The van der Waals surface area contributed by atoms with E-state index in [-0.39, 0.29) is 34.5 Å². The summed E-state index contributed by atoms with van der Waals surface area (Å²) in [5, 5.41) is 9.97. The van der Waals surface area contributed by atoms with Gasteiger partial charge in [-0.25, -0.2) is 18.2 Å². The van der Waals surface area contributed by atoms with Crippen LogP contribution in [-0.4, -0.2) is 32.0 Å². The molecule has 0 bridgehead atoms. The van der Waals surface area contributed by atoms with Crippen molar-refractivity contribution in [1.82, 2.24) is 24.8 Å². The Hall–Kier alpha value is -3.73. The number of amides is 1. The highest BCUT2D eigenvalue weighted by atomic mass is 19.3. The fourth-order valence-electron chi connectivity index (χ4n) is 4.51. The van der Waals surface area contributed by atoms with Gasteiger partial charge in [-0.05, 0) is 55.0 Å². The highest BCUT2D eigenvalue weighted by Crippen LogP contribution is 2.54. The molecule has 1 atom stereocenters. The number of alkyl halides is 2. The lowest BCUT2D eigenvalue weighted by atomic mass is 10.0. The minimum Gasteiger partial charge on any atom is -0.337 e. The molecule has 1 spiro atoms. The maximum absolute atomic E-state index is 14.5. The lowest BCUT2D eigenvalue weighted by Gasteiger charge is -2.11. The third kappa shape index (κ3) is 3.95. The van der Waals surface area contributed by atoms with Crippen molar-refractivity contribution in [3.05, 3.63) is 65.7 Å². The molecule has 2 fully saturated rings. The molecule has 1 aliphatic heterocycles. The van der Waals surface area contributed by atoms with Gasteiger partial charge in [0.15, 0.2) is 0 Å². The van der Waals surface area contributed by atoms with Crippen molar-refractivity contribution in [2.45, 2.75) is 38.2 Å². The highest BCUT2D eigenvalue weighted by Gasteiger charge is 2.49. The van der Waals surface area contributed by atoms with Crippen LogP contribution in [0.3, 0.4) is 0 Å². The van der Waals surface area contributed by atoms with Crippen molar-refractivity contribution in [2.75, 3.05) is 11.9 Å². The summed E-state index contributed by atoms with van der Waals surface area (Å²) in [6.07, 6.45) is 5.95. The summed E-state index contributed by atoms with van der Waals surface area (Å²) >= 11 is 0. The number of nitrogens with one attached hydrogen (secondary N) is 2. The van der Waals surface area contributed by atoms with Crippen molar-refractivity contribution >= 4 is 17.2 Å². The summed E-state index contributed by atoms with van der Waals surface area (Å²) in [7, 11) is 0. The number of carbonyl (C=O) groups is 1. The van der Waals surface area contributed by atoms with Gasteiger partial charge in [-0.3, -0.25) is 9.20 Å². The predicted molar refractivity (Wildman–Crippen MR) is 119 cm³/mol. The van der Waals surface area contributed by atoms with Crippen LogP contribution in [0.5, 0.6) is 0 Å². The second kappa shape index (κ2) is 7.64. The van der Waals surface area contributed by atoms with Gasteiger partial charge in [0.2, 0.25) is 11.7 Å². The van der Waals surface area contributed by atoms with E-state index in [4.69, 9.17) is 4.52 Å². The highest BCUT2D eigenvalue weighted by molar-refractivity contribution is 6.03. The van der Waals surface area contributed by atoms with Gasteiger partial charge < -0.3 is 15.2 Å². The maximum Gasteiger partial charge on any atom is 0.274 e. The number of hydrogen-bond donors (Lipinski definition) is 2. The van der Waals surface area contributed by atoms with Gasteiger partial charge in [0.1, 0.15) is 17.2 Å². The Kier molecular flexibility index (Phi) is 4.75. The average Bonchev–Trinajstić information content (AvgIpc) is 3.18. The Morgan fingerprint density at radius 3 is 2.86 bits per heavy atom. The molecular weight excluding hydrogens is 461 g/mol. The first-order chi connectivity index (χ1) is 16.7. The molecule has 0 unspecified atom stereocenters. The molecule has 4 aromatic rings. The number of halogens is 3. The molecule has 0 radical (unpaired) electrons. The molecular formula is C24H21F3N6O2. The molecule has 180 valence electrons. The number of benzene rings is 1. The number of imidazole rings is 1. The van der Waals surface area contributed by atoms with Crippen LogP contribution in [0.4, 0.5) is 18.9 Å². The van der Waals surface area contributed by atoms with Gasteiger partial charge in [-0.1, -0.05) is 5.16 Å². The molecule has 3 aromatic heterocycles. The van der Waals surface area contributed by atoms with Crippen LogP contribution < -0.4 is 10.6 Å². The summed E-state index contributed by atoms with van der Waals surface area (Å²) in [5.74, 6) is -3.57. The quantitative estimate of drug-likeness (QED) is 0.428.